The zero-order chi connectivity index (χ0) is 14.4. The molecule has 0 saturated carbocycles. The number of nitrogens with zero attached hydrogens (tertiary/aromatic N) is 2. The van der Waals surface area contributed by atoms with Crippen LogP contribution in [-0.4, -0.2) is 21.7 Å². The van der Waals surface area contributed by atoms with E-state index >= 15 is 0 Å². The average Bonchev–Trinajstić information content (AvgIpc) is 2.72. The van der Waals surface area contributed by atoms with Gasteiger partial charge in [0.25, 0.3) is 0 Å². The maximum Gasteiger partial charge on any atom is 0.197 e. The van der Waals surface area contributed by atoms with Crippen molar-refractivity contribution in [2.24, 2.45) is 0 Å². The minimum atomic E-state index is -0.849. The topological polar surface area (TPSA) is 24.0 Å². The first kappa shape index (κ1) is 13.5. The van der Waals surface area contributed by atoms with Crippen molar-refractivity contribution in [2.75, 3.05) is 5.01 Å². The van der Waals surface area contributed by atoms with Gasteiger partial charge in [-0.2, -0.15) is 0 Å². The van der Waals surface area contributed by atoms with Gasteiger partial charge >= 0.3 is 0 Å². The number of piperidine rings is 1. The molecule has 2 aromatic rings. The van der Waals surface area contributed by atoms with Crippen molar-refractivity contribution < 1.29 is 8.78 Å². The van der Waals surface area contributed by atoms with E-state index in [0.29, 0.717) is 10.3 Å². The highest BCUT2D eigenvalue weighted by Crippen LogP contribution is 2.27. The van der Waals surface area contributed by atoms with E-state index in [4.69, 9.17) is 12.2 Å². The van der Waals surface area contributed by atoms with Gasteiger partial charge in [0.1, 0.15) is 5.52 Å². The van der Waals surface area contributed by atoms with Crippen molar-refractivity contribution in [3.05, 3.63) is 28.5 Å². The third-order valence-electron chi connectivity index (χ3n) is 4.09. The Morgan fingerprint density at radius 3 is 2.50 bits per heavy atom. The zero-order valence-corrected chi connectivity index (χ0v) is 12.3. The van der Waals surface area contributed by atoms with E-state index in [2.05, 4.69) is 23.8 Å². The van der Waals surface area contributed by atoms with Crippen LogP contribution in [0.15, 0.2) is 12.1 Å². The summed E-state index contributed by atoms with van der Waals surface area (Å²) in [6.45, 7) is 4.18. The van der Waals surface area contributed by atoms with Crippen molar-refractivity contribution in [3.8, 4) is 0 Å². The molecule has 1 aromatic carbocycles. The summed E-state index contributed by atoms with van der Waals surface area (Å²) >= 11 is 5.32. The van der Waals surface area contributed by atoms with Crippen molar-refractivity contribution >= 4 is 23.3 Å². The molecule has 1 saturated heterocycles. The van der Waals surface area contributed by atoms with E-state index in [-0.39, 0.29) is 17.6 Å². The number of hydrogen-bond acceptors (Lipinski definition) is 2. The minimum absolute atomic E-state index is 0.204. The maximum absolute atomic E-state index is 14.2. The third-order valence-corrected chi connectivity index (χ3v) is 4.37. The fourth-order valence-electron chi connectivity index (χ4n) is 3.14. The Labute approximate surface area is 121 Å². The van der Waals surface area contributed by atoms with E-state index < -0.39 is 11.6 Å². The normalized spacial score (nSPS) is 23.5. The molecule has 0 aliphatic carbocycles. The molecule has 1 aliphatic rings. The molecule has 0 radical (unpaired) electrons. The van der Waals surface area contributed by atoms with Gasteiger partial charge in [0.2, 0.25) is 0 Å². The van der Waals surface area contributed by atoms with Crippen LogP contribution in [0.3, 0.4) is 0 Å². The molecule has 108 valence electrons. The summed E-state index contributed by atoms with van der Waals surface area (Å²) in [6, 6.07) is 3.13. The smallest absolute Gasteiger partial charge is 0.197 e. The molecule has 1 aromatic heterocycles. The minimum Gasteiger partial charge on any atom is -0.329 e. The first-order valence-corrected chi connectivity index (χ1v) is 7.29. The van der Waals surface area contributed by atoms with Crippen molar-refractivity contribution in [3.63, 3.8) is 0 Å². The fourth-order valence-corrected chi connectivity index (χ4v) is 3.44. The molecule has 2 atom stereocenters. The molecule has 20 heavy (non-hydrogen) atoms. The Balaban J connectivity index is 2.27. The lowest BCUT2D eigenvalue weighted by molar-refractivity contribution is 0.337. The standard InChI is InChI=1S/C14H17F2N3S/c1-8-4-3-5-9(2)18(8)19-13-11(17-14(19)20)7-6-10(15)12(13)16/h6-9H,3-5H2,1-2H3,(H,17,20). The number of aromatic nitrogens is 2. The van der Waals surface area contributed by atoms with Gasteiger partial charge in [-0.15, -0.1) is 0 Å². The highest BCUT2D eigenvalue weighted by atomic mass is 32.1. The highest BCUT2D eigenvalue weighted by Gasteiger charge is 2.28. The largest absolute Gasteiger partial charge is 0.329 e. The molecule has 1 aliphatic heterocycles. The van der Waals surface area contributed by atoms with Gasteiger partial charge in [-0.25, -0.2) is 13.5 Å². The van der Waals surface area contributed by atoms with Crippen LogP contribution in [0.1, 0.15) is 33.1 Å². The summed E-state index contributed by atoms with van der Waals surface area (Å²) < 4.78 is 29.8. The number of nitrogens with one attached hydrogen (secondary N) is 1. The van der Waals surface area contributed by atoms with E-state index in [9.17, 15) is 8.78 Å². The molecule has 2 unspecified atom stereocenters. The second-order valence-electron chi connectivity index (χ2n) is 5.51. The number of rotatable bonds is 1. The Morgan fingerprint density at radius 2 is 1.85 bits per heavy atom. The summed E-state index contributed by atoms with van der Waals surface area (Å²) in [5.41, 5.74) is 0.731. The van der Waals surface area contributed by atoms with Gasteiger partial charge in [-0.05, 0) is 57.5 Å². The van der Waals surface area contributed by atoms with Crippen LogP contribution in [0.5, 0.6) is 0 Å². The molecule has 0 amide bonds. The van der Waals surface area contributed by atoms with Crippen molar-refractivity contribution in [2.45, 2.75) is 45.2 Å². The molecule has 0 bridgehead atoms. The zero-order valence-electron chi connectivity index (χ0n) is 11.5. The van der Waals surface area contributed by atoms with E-state index in [0.717, 1.165) is 25.3 Å². The summed E-state index contributed by atoms with van der Waals surface area (Å²) in [5.74, 6) is -1.70. The lowest BCUT2D eigenvalue weighted by atomic mass is 10.00. The Morgan fingerprint density at radius 1 is 1.20 bits per heavy atom. The third kappa shape index (κ3) is 1.93. The Hall–Kier alpha value is -1.43. The van der Waals surface area contributed by atoms with E-state index in [1.54, 1.807) is 4.68 Å². The fraction of sp³-hybridized carbons (Fsp3) is 0.500. The highest BCUT2D eigenvalue weighted by molar-refractivity contribution is 7.71. The summed E-state index contributed by atoms with van der Waals surface area (Å²) in [7, 11) is 0. The lowest BCUT2D eigenvalue weighted by Crippen LogP contribution is -2.51. The second-order valence-corrected chi connectivity index (χ2v) is 5.90. The number of halogens is 2. The average molecular weight is 297 g/mol. The summed E-state index contributed by atoms with van der Waals surface area (Å²) in [5, 5.41) is 2.06. The van der Waals surface area contributed by atoms with Crippen LogP contribution in [0.4, 0.5) is 8.78 Å². The number of hydrogen-bond donors (Lipinski definition) is 1. The molecular formula is C14H17F2N3S. The van der Waals surface area contributed by atoms with Crippen molar-refractivity contribution in [1.29, 1.82) is 0 Å². The van der Waals surface area contributed by atoms with Gasteiger partial charge in [-0.1, -0.05) is 0 Å². The predicted octanol–water partition coefficient (Wildman–Crippen LogP) is 3.88. The van der Waals surface area contributed by atoms with Crippen LogP contribution in [-0.2, 0) is 0 Å². The van der Waals surface area contributed by atoms with Gasteiger partial charge < -0.3 is 9.99 Å². The number of imidazole rings is 1. The van der Waals surface area contributed by atoms with Crippen LogP contribution in [0.2, 0.25) is 0 Å². The van der Waals surface area contributed by atoms with Gasteiger partial charge in [0, 0.05) is 12.1 Å². The molecule has 0 spiro atoms. The quantitative estimate of drug-likeness (QED) is 0.808. The monoisotopic (exact) mass is 297 g/mol. The molecule has 6 heteroatoms. The van der Waals surface area contributed by atoms with Gasteiger partial charge in [0.05, 0.1) is 5.52 Å². The van der Waals surface area contributed by atoms with Crippen LogP contribution < -0.4 is 5.01 Å². The van der Waals surface area contributed by atoms with E-state index in [1.807, 2.05) is 0 Å². The van der Waals surface area contributed by atoms with Crippen LogP contribution >= 0.6 is 12.2 Å². The predicted molar refractivity (Wildman–Crippen MR) is 78.0 cm³/mol. The molecular weight excluding hydrogens is 280 g/mol. The molecule has 1 N–H and O–H groups in total. The van der Waals surface area contributed by atoms with Crippen LogP contribution in [0.25, 0.3) is 11.0 Å². The first-order valence-electron chi connectivity index (χ1n) is 6.88. The maximum atomic E-state index is 14.2. The summed E-state index contributed by atoms with van der Waals surface area (Å²) in [4.78, 5) is 2.96. The molecule has 2 heterocycles. The number of aromatic amines is 1. The Kier molecular flexibility index (Phi) is 3.28. The first-order chi connectivity index (χ1) is 9.50. The molecule has 1 fully saturated rings. The van der Waals surface area contributed by atoms with Crippen molar-refractivity contribution in [1.82, 2.24) is 9.66 Å². The summed E-state index contributed by atoms with van der Waals surface area (Å²) in [6.07, 6.45) is 3.19. The van der Waals surface area contributed by atoms with Crippen LogP contribution in [0, 0.1) is 16.4 Å². The number of fused-ring (bicyclic) bond motifs is 1. The number of H-pyrrole nitrogens is 1. The SMILES string of the molecule is CC1CCCC(C)N1n1c(=S)[nH]c2ccc(F)c(F)c21. The second kappa shape index (κ2) is 4.84. The number of benzene rings is 1. The molecule has 3 rings (SSSR count). The molecule has 3 nitrogen and oxygen atoms in total. The lowest BCUT2D eigenvalue weighted by Gasteiger charge is -2.41. The van der Waals surface area contributed by atoms with E-state index in [1.165, 1.54) is 6.07 Å². The Bertz CT molecular complexity index is 696. The van der Waals surface area contributed by atoms with Gasteiger partial charge in [0.15, 0.2) is 16.4 Å². The van der Waals surface area contributed by atoms with Gasteiger partial charge in [-0.3, -0.25) is 0 Å².